The minimum Gasteiger partial charge on any atom is -0.504 e. The summed E-state index contributed by atoms with van der Waals surface area (Å²) in [5.41, 5.74) is 2.12. The molecule has 128 valence electrons. The van der Waals surface area contributed by atoms with Crippen LogP contribution in [0.3, 0.4) is 0 Å². The van der Waals surface area contributed by atoms with E-state index in [1.54, 1.807) is 29.1 Å². The van der Waals surface area contributed by atoms with Crippen LogP contribution in [-0.4, -0.2) is 33.9 Å². The SMILES string of the molecule is O=C(COc1ccccc1O)NCCc1ccc(-n2cccn2)cc1. The van der Waals surface area contributed by atoms with E-state index in [-0.39, 0.29) is 18.3 Å². The van der Waals surface area contributed by atoms with Gasteiger partial charge in [-0.05, 0) is 42.3 Å². The number of phenolic OH excluding ortho intramolecular Hbond substituents is 1. The Labute approximate surface area is 145 Å². The summed E-state index contributed by atoms with van der Waals surface area (Å²) in [4.78, 5) is 11.8. The third-order valence-corrected chi connectivity index (χ3v) is 3.67. The predicted molar refractivity (Wildman–Crippen MR) is 93.9 cm³/mol. The largest absolute Gasteiger partial charge is 0.504 e. The van der Waals surface area contributed by atoms with Gasteiger partial charge < -0.3 is 15.2 Å². The van der Waals surface area contributed by atoms with Crippen LogP contribution in [0.2, 0.25) is 0 Å². The molecule has 25 heavy (non-hydrogen) atoms. The third-order valence-electron chi connectivity index (χ3n) is 3.67. The Kier molecular flexibility index (Phi) is 5.31. The van der Waals surface area contributed by atoms with Crippen LogP contribution in [0, 0.1) is 0 Å². The molecular weight excluding hydrogens is 318 g/mol. The van der Waals surface area contributed by atoms with Crippen LogP contribution in [0.1, 0.15) is 5.56 Å². The second-order valence-electron chi connectivity index (χ2n) is 5.47. The Balaban J connectivity index is 1.42. The summed E-state index contributed by atoms with van der Waals surface area (Å²) in [6.07, 6.45) is 4.35. The molecule has 2 N–H and O–H groups in total. The average Bonchev–Trinajstić information content (AvgIpc) is 3.16. The number of rotatable bonds is 7. The summed E-state index contributed by atoms with van der Waals surface area (Å²) < 4.78 is 7.08. The first kappa shape index (κ1) is 16.6. The molecule has 1 aromatic heterocycles. The van der Waals surface area contributed by atoms with Crippen molar-refractivity contribution in [3.63, 3.8) is 0 Å². The van der Waals surface area contributed by atoms with Crippen LogP contribution < -0.4 is 10.1 Å². The zero-order valence-corrected chi connectivity index (χ0v) is 13.6. The van der Waals surface area contributed by atoms with Crippen LogP contribution >= 0.6 is 0 Å². The lowest BCUT2D eigenvalue weighted by Crippen LogP contribution is -2.30. The molecule has 0 aliphatic heterocycles. The van der Waals surface area contributed by atoms with Gasteiger partial charge in [0.2, 0.25) is 0 Å². The van der Waals surface area contributed by atoms with Crippen molar-refractivity contribution in [1.82, 2.24) is 15.1 Å². The number of aromatic hydroxyl groups is 1. The second kappa shape index (κ2) is 8.01. The molecular formula is C19H19N3O3. The first-order chi connectivity index (χ1) is 12.2. The Morgan fingerprint density at radius 1 is 1.12 bits per heavy atom. The van der Waals surface area contributed by atoms with Crippen molar-refractivity contribution in [2.24, 2.45) is 0 Å². The molecule has 3 aromatic rings. The van der Waals surface area contributed by atoms with Crippen molar-refractivity contribution >= 4 is 5.91 Å². The maximum atomic E-state index is 11.8. The average molecular weight is 337 g/mol. The summed E-state index contributed by atoms with van der Waals surface area (Å²) in [6.45, 7) is 0.389. The summed E-state index contributed by atoms with van der Waals surface area (Å²) in [5.74, 6) is 0.0934. The van der Waals surface area contributed by atoms with Gasteiger partial charge in [-0.1, -0.05) is 24.3 Å². The Morgan fingerprint density at radius 2 is 1.92 bits per heavy atom. The van der Waals surface area contributed by atoms with E-state index in [0.717, 1.165) is 17.7 Å². The molecule has 0 spiro atoms. The molecule has 0 fully saturated rings. The van der Waals surface area contributed by atoms with Gasteiger partial charge in [-0.15, -0.1) is 0 Å². The number of carbonyl (C=O) groups excluding carboxylic acids is 1. The summed E-state index contributed by atoms with van der Waals surface area (Å²) in [6, 6.07) is 16.4. The van der Waals surface area contributed by atoms with E-state index in [1.165, 1.54) is 6.07 Å². The molecule has 6 heteroatoms. The van der Waals surface area contributed by atoms with Crippen molar-refractivity contribution < 1.29 is 14.6 Å². The van der Waals surface area contributed by atoms with Gasteiger partial charge >= 0.3 is 0 Å². The number of hydrogen-bond donors (Lipinski definition) is 2. The minimum absolute atomic E-state index is 0.0209. The normalized spacial score (nSPS) is 10.4. The maximum absolute atomic E-state index is 11.8. The summed E-state index contributed by atoms with van der Waals surface area (Å²) in [7, 11) is 0. The Morgan fingerprint density at radius 3 is 2.64 bits per heavy atom. The quantitative estimate of drug-likeness (QED) is 0.694. The smallest absolute Gasteiger partial charge is 0.257 e. The summed E-state index contributed by atoms with van der Waals surface area (Å²) >= 11 is 0. The lowest BCUT2D eigenvalue weighted by atomic mass is 10.1. The fourth-order valence-electron chi connectivity index (χ4n) is 2.36. The van der Waals surface area contributed by atoms with Crippen LogP contribution in [-0.2, 0) is 11.2 Å². The maximum Gasteiger partial charge on any atom is 0.257 e. The van der Waals surface area contributed by atoms with Crippen LogP contribution in [0.25, 0.3) is 5.69 Å². The molecule has 0 radical (unpaired) electrons. The van der Waals surface area contributed by atoms with E-state index in [9.17, 15) is 9.90 Å². The lowest BCUT2D eigenvalue weighted by molar-refractivity contribution is -0.123. The van der Waals surface area contributed by atoms with E-state index in [4.69, 9.17) is 4.74 Å². The molecule has 1 amide bonds. The third kappa shape index (κ3) is 4.60. The van der Waals surface area contributed by atoms with Crippen molar-refractivity contribution in [3.05, 3.63) is 72.6 Å². The molecule has 0 aliphatic rings. The van der Waals surface area contributed by atoms with E-state index in [2.05, 4.69) is 10.4 Å². The number of phenols is 1. The molecule has 0 saturated carbocycles. The second-order valence-corrected chi connectivity index (χ2v) is 5.47. The topological polar surface area (TPSA) is 76.4 Å². The van der Waals surface area contributed by atoms with Crippen molar-refractivity contribution in [2.45, 2.75) is 6.42 Å². The highest BCUT2D eigenvalue weighted by Crippen LogP contribution is 2.23. The predicted octanol–water partition coefficient (Wildman–Crippen LogP) is 2.32. The molecule has 0 bridgehead atoms. The van der Waals surface area contributed by atoms with Crippen molar-refractivity contribution in [3.8, 4) is 17.2 Å². The Bertz CT molecular complexity index is 814. The highest BCUT2D eigenvalue weighted by Gasteiger charge is 2.05. The molecule has 6 nitrogen and oxygen atoms in total. The van der Waals surface area contributed by atoms with Gasteiger partial charge in [-0.3, -0.25) is 4.79 Å². The van der Waals surface area contributed by atoms with Gasteiger partial charge in [0.15, 0.2) is 18.1 Å². The van der Waals surface area contributed by atoms with E-state index < -0.39 is 0 Å². The number of para-hydroxylation sites is 2. The number of hydrogen-bond acceptors (Lipinski definition) is 4. The van der Waals surface area contributed by atoms with Gasteiger partial charge in [0, 0.05) is 18.9 Å². The molecule has 0 unspecified atom stereocenters. The first-order valence-corrected chi connectivity index (χ1v) is 7.99. The number of nitrogens with zero attached hydrogens (tertiary/aromatic N) is 2. The van der Waals surface area contributed by atoms with Crippen molar-refractivity contribution in [1.29, 1.82) is 0 Å². The highest BCUT2D eigenvalue weighted by molar-refractivity contribution is 5.77. The van der Waals surface area contributed by atoms with Crippen LogP contribution in [0.5, 0.6) is 11.5 Å². The van der Waals surface area contributed by atoms with Gasteiger partial charge in [0.05, 0.1) is 5.69 Å². The van der Waals surface area contributed by atoms with Crippen LogP contribution in [0.15, 0.2) is 67.0 Å². The fourth-order valence-corrected chi connectivity index (χ4v) is 2.36. The van der Waals surface area contributed by atoms with Crippen LogP contribution in [0.4, 0.5) is 0 Å². The Hall–Kier alpha value is -3.28. The zero-order chi connectivity index (χ0) is 17.5. The molecule has 2 aromatic carbocycles. The fraction of sp³-hybridized carbons (Fsp3) is 0.158. The number of nitrogens with one attached hydrogen (secondary N) is 1. The number of aromatic nitrogens is 2. The zero-order valence-electron chi connectivity index (χ0n) is 13.6. The lowest BCUT2D eigenvalue weighted by Gasteiger charge is -2.09. The van der Waals surface area contributed by atoms with E-state index >= 15 is 0 Å². The first-order valence-electron chi connectivity index (χ1n) is 7.99. The minimum atomic E-state index is -0.226. The molecule has 1 heterocycles. The van der Waals surface area contributed by atoms with E-state index in [0.29, 0.717) is 12.3 Å². The van der Waals surface area contributed by atoms with Gasteiger partial charge in [-0.2, -0.15) is 5.10 Å². The van der Waals surface area contributed by atoms with Gasteiger partial charge in [-0.25, -0.2) is 4.68 Å². The summed E-state index contributed by atoms with van der Waals surface area (Å²) in [5, 5.41) is 16.6. The number of amides is 1. The number of carbonyl (C=O) groups is 1. The monoisotopic (exact) mass is 337 g/mol. The molecule has 0 saturated heterocycles. The number of ether oxygens (including phenoxy) is 1. The number of benzene rings is 2. The van der Waals surface area contributed by atoms with Crippen molar-refractivity contribution in [2.75, 3.05) is 13.2 Å². The molecule has 0 aliphatic carbocycles. The molecule has 0 atom stereocenters. The van der Waals surface area contributed by atoms with E-state index in [1.807, 2.05) is 36.5 Å². The standard InChI is InChI=1S/C19H19N3O3/c23-17-4-1-2-5-18(17)25-14-19(24)20-12-10-15-6-8-16(9-7-15)22-13-3-11-21-22/h1-9,11,13,23H,10,12,14H2,(H,20,24). The molecule has 3 rings (SSSR count). The van der Waals surface area contributed by atoms with Gasteiger partial charge in [0.1, 0.15) is 0 Å². The van der Waals surface area contributed by atoms with Gasteiger partial charge in [0.25, 0.3) is 5.91 Å². The highest BCUT2D eigenvalue weighted by atomic mass is 16.5.